The number of carbonyl (C=O) groups excluding carboxylic acids is 1. The van der Waals surface area contributed by atoms with E-state index in [1.807, 2.05) is 54.2 Å². The van der Waals surface area contributed by atoms with Gasteiger partial charge >= 0.3 is 0 Å². The number of hydrogen-bond donors (Lipinski definition) is 1. The summed E-state index contributed by atoms with van der Waals surface area (Å²) in [5.41, 5.74) is 2.34. The lowest BCUT2D eigenvalue weighted by Gasteiger charge is -2.20. The molecule has 0 heterocycles. The summed E-state index contributed by atoms with van der Waals surface area (Å²) in [5, 5.41) is 2.97. The summed E-state index contributed by atoms with van der Waals surface area (Å²) in [4.78, 5) is 12.5. The van der Waals surface area contributed by atoms with E-state index in [9.17, 15) is 4.79 Å². The molecule has 0 aliphatic rings. The van der Waals surface area contributed by atoms with Crippen molar-refractivity contribution in [1.29, 1.82) is 0 Å². The van der Waals surface area contributed by atoms with Crippen LogP contribution in [0.4, 0.5) is 5.69 Å². The Morgan fingerprint density at radius 1 is 1.03 bits per heavy atom. The van der Waals surface area contributed by atoms with Crippen LogP contribution in [0.3, 0.4) is 0 Å². The van der Waals surface area contributed by atoms with Crippen molar-refractivity contribution in [1.82, 2.24) is 0 Å². The second-order valence-corrected chi connectivity index (χ2v) is 9.52. The molecule has 0 fully saturated rings. The van der Waals surface area contributed by atoms with Gasteiger partial charge in [0.15, 0.2) is 11.5 Å². The van der Waals surface area contributed by atoms with Gasteiger partial charge in [-0.15, -0.1) is 0 Å². The van der Waals surface area contributed by atoms with E-state index in [1.54, 1.807) is 31.4 Å². The molecule has 1 amide bonds. The van der Waals surface area contributed by atoms with Gasteiger partial charge < -0.3 is 14.8 Å². The SMILES string of the molecule is COc1cc[c]cc1Oc1ccc(NC(=O)c2ccccc2)cc1CSC(C)(C)C. The van der Waals surface area contributed by atoms with Crippen molar-refractivity contribution >= 4 is 23.4 Å². The van der Waals surface area contributed by atoms with Crippen LogP contribution in [0.5, 0.6) is 17.2 Å². The third-order valence-electron chi connectivity index (χ3n) is 4.24. The van der Waals surface area contributed by atoms with Crippen LogP contribution in [-0.4, -0.2) is 17.8 Å². The van der Waals surface area contributed by atoms with E-state index in [4.69, 9.17) is 9.47 Å². The first kappa shape index (κ1) is 21.8. The van der Waals surface area contributed by atoms with Crippen molar-refractivity contribution in [2.75, 3.05) is 12.4 Å². The summed E-state index contributed by atoms with van der Waals surface area (Å²) in [7, 11) is 1.61. The van der Waals surface area contributed by atoms with E-state index in [2.05, 4.69) is 32.2 Å². The summed E-state index contributed by atoms with van der Waals surface area (Å²) < 4.78 is 11.6. The van der Waals surface area contributed by atoms with Crippen LogP contribution in [0, 0.1) is 6.07 Å². The maximum Gasteiger partial charge on any atom is 0.255 e. The molecule has 0 aliphatic heterocycles. The van der Waals surface area contributed by atoms with Crippen molar-refractivity contribution in [2.24, 2.45) is 0 Å². The molecule has 0 bridgehead atoms. The van der Waals surface area contributed by atoms with E-state index < -0.39 is 0 Å². The number of anilines is 1. The molecule has 1 radical (unpaired) electrons. The lowest BCUT2D eigenvalue weighted by Crippen LogP contribution is -2.12. The highest BCUT2D eigenvalue weighted by molar-refractivity contribution is 7.99. The number of amides is 1. The third kappa shape index (κ3) is 6.04. The number of ether oxygens (including phenoxy) is 2. The fourth-order valence-corrected chi connectivity index (χ4v) is 3.54. The predicted molar refractivity (Wildman–Crippen MR) is 124 cm³/mol. The number of rotatable bonds is 7. The molecule has 0 saturated carbocycles. The highest BCUT2D eigenvalue weighted by Crippen LogP contribution is 2.37. The molecule has 3 aromatic carbocycles. The van der Waals surface area contributed by atoms with E-state index in [1.165, 1.54) is 0 Å². The Kier molecular flexibility index (Phi) is 7.06. The highest BCUT2D eigenvalue weighted by Gasteiger charge is 2.16. The van der Waals surface area contributed by atoms with Crippen molar-refractivity contribution in [3.8, 4) is 17.2 Å². The number of benzene rings is 3. The Morgan fingerprint density at radius 3 is 2.50 bits per heavy atom. The maximum atomic E-state index is 12.5. The number of nitrogens with one attached hydrogen (secondary N) is 1. The fraction of sp³-hybridized carbons (Fsp3) is 0.240. The van der Waals surface area contributed by atoms with Crippen LogP contribution in [0.25, 0.3) is 0 Å². The maximum absolute atomic E-state index is 12.5. The molecule has 0 spiro atoms. The van der Waals surface area contributed by atoms with Crippen LogP contribution >= 0.6 is 11.8 Å². The van der Waals surface area contributed by atoms with Gasteiger partial charge in [-0.2, -0.15) is 11.8 Å². The summed E-state index contributed by atoms with van der Waals surface area (Å²) in [6, 6.07) is 23.2. The first-order valence-electron chi connectivity index (χ1n) is 9.71. The van der Waals surface area contributed by atoms with Crippen LogP contribution in [0.15, 0.2) is 66.7 Å². The molecule has 3 rings (SSSR count). The molecule has 1 N–H and O–H groups in total. The van der Waals surface area contributed by atoms with E-state index in [0.29, 0.717) is 17.1 Å². The third-order valence-corrected chi connectivity index (χ3v) is 5.56. The molecule has 4 nitrogen and oxygen atoms in total. The normalized spacial score (nSPS) is 11.1. The number of thioether (sulfide) groups is 1. The first-order chi connectivity index (χ1) is 14.4. The number of methoxy groups -OCH3 is 1. The first-order valence-corrected chi connectivity index (χ1v) is 10.7. The topological polar surface area (TPSA) is 47.6 Å². The van der Waals surface area contributed by atoms with E-state index in [0.717, 1.165) is 22.8 Å². The summed E-state index contributed by atoms with van der Waals surface area (Å²) in [6.07, 6.45) is 0. The Hall–Kier alpha value is -2.92. The molecule has 0 unspecified atom stereocenters. The summed E-state index contributed by atoms with van der Waals surface area (Å²) >= 11 is 1.81. The van der Waals surface area contributed by atoms with Gasteiger partial charge in [0, 0.05) is 27.3 Å². The largest absolute Gasteiger partial charge is 0.493 e. The quantitative estimate of drug-likeness (QED) is 0.469. The zero-order chi connectivity index (χ0) is 21.6. The van der Waals surface area contributed by atoms with Gasteiger partial charge in [0.05, 0.1) is 7.11 Å². The zero-order valence-corrected chi connectivity index (χ0v) is 18.5. The molecule has 155 valence electrons. The molecule has 0 aromatic heterocycles. The monoisotopic (exact) mass is 420 g/mol. The molecule has 0 aliphatic carbocycles. The fourth-order valence-electron chi connectivity index (χ4n) is 2.72. The summed E-state index contributed by atoms with van der Waals surface area (Å²) in [5.74, 6) is 2.57. The van der Waals surface area contributed by atoms with Crippen LogP contribution in [0.2, 0.25) is 0 Å². The lowest BCUT2D eigenvalue weighted by atomic mass is 10.1. The Labute approximate surface area is 182 Å². The van der Waals surface area contributed by atoms with E-state index >= 15 is 0 Å². The minimum Gasteiger partial charge on any atom is -0.493 e. The van der Waals surface area contributed by atoms with Gasteiger partial charge in [-0.05, 0) is 48.5 Å². The standard InChI is InChI=1S/C25H26NO3S/c1-25(2,3)30-17-19-16-20(26-24(27)18-10-6-5-7-11-18)14-15-21(19)29-23-13-9-8-12-22(23)28-4/h5-8,10-16H,17H2,1-4H3,(H,26,27). The van der Waals surface area contributed by atoms with Gasteiger partial charge in [0.2, 0.25) is 0 Å². The van der Waals surface area contributed by atoms with Crippen LogP contribution < -0.4 is 14.8 Å². The number of hydrogen-bond acceptors (Lipinski definition) is 4. The van der Waals surface area contributed by atoms with Crippen molar-refractivity contribution in [3.63, 3.8) is 0 Å². The molecule has 0 saturated heterocycles. The van der Waals surface area contributed by atoms with Crippen molar-refractivity contribution in [2.45, 2.75) is 31.3 Å². The average Bonchev–Trinajstić information content (AvgIpc) is 2.74. The Morgan fingerprint density at radius 2 is 1.80 bits per heavy atom. The lowest BCUT2D eigenvalue weighted by molar-refractivity contribution is 0.102. The molecule has 30 heavy (non-hydrogen) atoms. The van der Waals surface area contributed by atoms with E-state index in [-0.39, 0.29) is 10.7 Å². The summed E-state index contributed by atoms with van der Waals surface area (Å²) in [6.45, 7) is 6.53. The Bertz CT molecular complexity index is 997. The van der Waals surface area contributed by atoms with Gasteiger partial charge in [0.25, 0.3) is 5.91 Å². The Balaban J connectivity index is 1.87. The van der Waals surface area contributed by atoms with Gasteiger partial charge in [-0.3, -0.25) is 4.79 Å². The zero-order valence-electron chi connectivity index (χ0n) is 17.7. The minimum absolute atomic E-state index is 0.0960. The molecule has 5 heteroatoms. The molecule has 3 aromatic rings. The van der Waals surface area contributed by atoms with Crippen LogP contribution in [0.1, 0.15) is 36.7 Å². The van der Waals surface area contributed by atoms with Crippen molar-refractivity contribution < 1.29 is 14.3 Å². The predicted octanol–water partition coefficient (Wildman–Crippen LogP) is 6.57. The minimum atomic E-state index is -0.141. The molecular weight excluding hydrogens is 394 g/mol. The average molecular weight is 421 g/mol. The van der Waals surface area contributed by atoms with Gasteiger partial charge in [-0.1, -0.05) is 45.0 Å². The highest BCUT2D eigenvalue weighted by atomic mass is 32.2. The smallest absolute Gasteiger partial charge is 0.255 e. The van der Waals surface area contributed by atoms with Crippen molar-refractivity contribution in [3.05, 3.63) is 83.9 Å². The second kappa shape index (κ2) is 9.72. The van der Waals surface area contributed by atoms with Crippen LogP contribution in [-0.2, 0) is 5.75 Å². The second-order valence-electron chi connectivity index (χ2n) is 7.72. The molecular formula is C25H26NO3S. The number of carbonyl (C=O) groups is 1. The molecule has 0 atom stereocenters. The van der Waals surface area contributed by atoms with Gasteiger partial charge in [-0.25, -0.2) is 0 Å². The van der Waals surface area contributed by atoms with Gasteiger partial charge in [0.1, 0.15) is 5.75 Å².